The lowest BCUT2D eigenvalue weighted by Crippen LogP contribution is -2.06. The Hall–Kier alpha value is -2.63. The van der Waals surface area contributed by atoms with Gasteiger partial charge in [-0.25, -0.2) is 14.6 Å². The second-order valence-electron chi connectivity index (χ2n) is 3.31. The number of carbonyl (C=O) groups is 2. The lowest BCUT2D eigenvalue weighted by molar-refractivity contribution is -0.135. The maximum absolute atomic E-state index is 11.5. The first-order chi connectivity index (χ1) is 9.17. The normalized spacial score (nSPS) is 11.2. The summed E-state index contributed by atoms with van der Waals surface area (Å²) in [6, 6.07) is 5.30. The molecule has 1 rings (SSSR count). The van der Waals surface area contributed by atoms with E-state index in [0.29, 0.717) is 5.82 Å². The largest absolute Gasteiger partial charge is 0.466 e. The van der Waals surface area contributed by atoms with Gasteiger partial charge in [0.05, 0.1) is 19.8 Å². The molecule has 0 atom stereocenters. The average Bonchev–Trinajstić information content (AvgIpc) is 2.47. The van der Waals surface area contributed by atoms with Crippen LogP contribution in [0.15, 0.2) is 48.3 Å². The Balaban J connectivity index is 2.82. The fraction of sp³-hybridized carbons (Fsp3) is 0.154. The van der Waals surface area contributed by atoms with E-state index in [-0.39, 0.29) is 5.57 Å². The molecule has 0 aliphatic carbocycles. The third kappa shape index (κ3) is 5.03. The molecule has 0 saturated carbocycles. The summed E-state index contributed by atoms with van der Waals surface area (Å²) < 4.78 is 9.03. The number of anilines is 1. The van der Waals surface area contributed by atoms with Crippen molar-refractivity contribution in [2.24, 2.45) is 0 Å². The van der Waals surface area contributed by atoms with Gasteiger partial charge in [0, 0.05) is 18.5 Å². The van der Waals surface area contributed by atoms with Crippen LogP contribution in [0.4, 0.5) is 5.82 Å². The molecular weight excluding hydrogens is 248 g/mol. The SMILES string of the molecule is COC(=O)/C=C\C(=CNc1ccccn1)C(=O)OC. The highest BCUT2D eigenvalue weighted by molar-refractivity contribution is 5.94. The van der Waals surface area contributed by atoms with Crippen molar-refractivity contribution < 1.29 is 19.1 Å². The van der Waals surface area contributed by atoms with Gasteiger partial charge >= 0.3 is 11.9 Å². The van der Waals surface area contributed by atoms with Crippen molar-refractivity contribution in [1.82, 2.24) is 4.98 Å². The summed E-state index contributed by atoms with van der Waals surface area (Å²) in [7, 11) is 2.50. The quantitative estimate of drug-likeness (QED) is 0.489. The van der Waals surface area contributed by atoms with Crippen LogP contribution in [0.5, 0.6) is 0 Å². The molecule has 0 fully saturated rings. The van der Waals surface area contributed by atoms with Crippen LogP contribution < -0.4 is 5.32 Å². The molecule has 6 nitrogen and oxygen atoms in total. The molecule has 0 saturated heterocycles. The Morgan fingerprint density at radius 1 is 1.21 bits per heavy atom. The Bertz CT molecular complexity index is 495. The topological polar surface area (TPSA) is 77.5 Å². The van der Waals surface area contributed by atoms with E-state index in [1.807, 2.05) is 0 Å². The third-order valence-electron chi connectivity index (χ3n) is 2.06. The zero-order valence-electron chi connectivity index (χ0n) is 10.6. The van der Waals surface area contributed by atoms with Crippen LogP contribution in [-0.4, -0.2) is 31.1 Å². The van der Waals surface area contributed by atoms with Crippen LogP contribution in [0.3, 0.4) is 0 Å². The van der Waals surface area contributed by atoms with Crippen molar-refractivity contribution in [3.8, 4) is 0 Å². The van der Waals surface area contributed by atoms with Crippen LogP contribution in [0.1, 0.15) is 0 Å². The molecular formula is C13H14N2O4. The molecule has 1 heterocycles. The number of aromatic nitrogens is 1. The lowest BCUT2D eigenvalue weighted by atomic mass is 10.2. The molecule has 0 spiro atoms. The van der Waals surface area contributed by atoms with E-state index in [1.165, 1.54) is 26.5 Å². The number of ether oxygens (including phenoxy) is 2. The number of pyridine rings is 1. The van der Waals surface area contributed by atoms with E-state index in [2.05, 4.69) is 19.8 Å². The number of nitrogens with one attached hydrogen (secondary N) is 1. The molecule has 0 aliphatic heterocycles. The van der Waals surface area contributed by atoms with Gasteiger partial charge in [0.1, 0.15) is 5.82 Å². The number of methoxy groups -OCH3 is 2. The molecule has 0 amide bonds. The van der Waals surface area contributed by atoms with Crippen molar-refractivity contribution in [3.05, 3.63) is 48.3 Å². The first kappa shape index (κ1) is 14.4. The van der Waals surface area contributed by atoms with Gasteiger partial charge in [-0.05, 0) is 18.2 Å². The highest BCUT2D eigenvalue weighted by Gasteiger charge is 2.06. The third-order valence-corrected chi connectivity index (χ3v) is 2.06. The molecule has 0 unspecified atom stereocenters. The number of esters is 2. The number of hydrogen-bond donors (Lipinski definition) is 1. The Labute approximate surface area is 110 Å². The monoisotopic (exact) mass is 262 g/mol. The molecule has 1 aromatic heterocycles. The zero-order valence-corrected chi connectivity index (χ0v) is 10.6. The molecule has 0 aliphatic rings. The smallest absolute Gasteiger partial charge is 0.339 e. The van der Waals surface area contributed by atoms with E-state index in [1.54, 1.807) is 24.4 Å². The minimum atomic E-state index is -0.580. The Kier molecular flexibility index (Phi) is 5.81. The maximum atomic E-state index is 11.5. The molecule has 19 heavy (non-hydrogen) atoms. The minimum Gasteiger partial charge on any atom is -0.466 e. The summed E-state index contributed by atoms with van der Waals surface area (Å²) >= 11 is 0. The van der Waals surface area contributed by atoms with Gasteiger partial charge in [-0.1, -0.05) is 6.07 Å². The first-order valence-electron chi connectivity index (χ1n) is 5.39. The van der Waals surface area contributed by atoms with Gasteiger partial charge in [0.2, 0.25) is 0 Å². The molecule has 0 aromatic carbocycles. The molecule has 6 heteroatoms. The maximum Gasteiger partial charge on any atom is 0.339 e. The molecule has 100 valence electrons. The van der Waals surface area contributed by atoms with Crippen LogP contribution in [0.2, 0.25) is 0 Å². The van der Waals surface area contributed by atoms with Gasteiger partial charge < -0.3 is 14.8 Å². The van der Waals surface area contributed by atoms with Crippen molar-refractivity contribution >= 4 is 17.8 Å². The van der Waals surface area contributed by atoms with Gasteiger partial charge in [0.15, 0.2) is 0 Å². The summed E-state index contributed by atoms with van der Waals surface area (Å²) in [5.41, 5.74) is 0.165. The Morgan fingerprint density at radius 2 is 2.00 bits per heavy atom. The number of rotatable bonds is 5. The predicted octanol–water partition coefficient (Wildman–Crippen LogP) is 1.28. The zero-order chi connectivity index (χ0) is 14.1. The van der Waals surface area contributed by atoms with Crippen molar-refractivity contribution in [1.29, 1.82) is 0 Å². The summed E-state index contributed by atoms with van der Waals surface area (Å²) in [6.07, 6.45) is 5.43. The summed E-state index contributed by atoms with van der Waals surface area (Å²) in [5, 5.41) is 2.82. The highest BCUT2D eigenvalue weighted by Crippen LogP contribution is 2.04. The fourth-order valence-corrected chi connectivity index (χ4v) is 1.12. The second kappa shape index (κ2) is 7.65. The summed E-state index contributed by atoms with van der Waals surface area (Å²) in [4.78, 5) is 26.5. The number of nitrogens with zero attached hydrogens (tertiary/aromatic N) is 1. The second-order valence-corrected chi connectivity index (χ2v) is 3.31. The van der Waals surface area contributed by atoms with Gasteiger partial charge in [-0.3, -0.25) is 0 Å². The van der Waals surface area contributed by atoms with E-state index in [9.17, 15) is 9.59 Å². The Morgan fingerprint density at radius 3 is 2.58 bits per heavy atom. The minimum absolute atomic E-state index is 0.165. The molecule has 1 aromatic rings. The van der Waals surface area contributed by atoms with Crippen LogP contribution in [0, 0.1) is 0 Å². The fourth-order valence-electron chi connectivity index (χ4n) is 1.12. The molecule has 0 radical (unpaired) electrons. The van der Waals surface area contributed by atoms with E-state index in [0.717, 1.165) is 6.08 Å². The first-order valence-corrected chi connectivity index (χ1v) is 5.39. The predicted molar refractivity (Wildman–Crippen MR) is 69.1 cm³/mol. The van der Waals surface area contributed by atoms with Crippen molar-refractivity contribution in [2.45, 2.75) is 0 Å². The van der Waals surface area contributed by atoms with E-state index >= 15 is 0 Å². The number of hydrogen-bond acceptors (Lipinski definition) is 6. The van der Waals surface area contributed by atoms with Gasteiger partial charge in [0.25, 0.3) is 0 Å². The standard InChI is InChI=1S/C13H14N2O4/c1-18-12(16)7-6-10(13(17)19-2)9-15-11-5-3-4-8-14-11/h3-9H,1-2H3,(H,14,15)/b7-6-,10-9?. The number of carbonyl (C=O) groups excluding carboxylic acids is 2. The average molecular weight is 262 g/mol. The van der Waals surface area contributed by atoms with E-state index < -0.39 is 11.9 Å². The van der Waals surface area contributed by atoms with Crippen LogP contribution >= 0.6 is 0 Å². The summed E-state index contributed by atoms with van der Waals surface area (Å²) in [5.74, 6) is -0.577. The van der Waals surface area contributed by atoms with Crippen molar-refractivity contribution in [2.75, 3.05) is 19.5 Å². The molecule has 1 N–H and O–H groups in total. The van der Waals surface area contributed by atoms with E-state index in [4.69, 9.17) is 0 Å². The summed E-state index contributed by atoms with van der Waals surface area (Å²) in [6.45, 7) is 0. The van der Waals surface area contributed by atoms with Crippen LogP contribution in [0.25, 0.3) is 0 Å². The lowest BCUT2D eigenvalue weighted by Gasteiger charge is -2.02. The molecule has 0 bridgehead atoms. The van der Waals surface area contributed by atoms with Crippen molar-refractivity contribution in [3.63, 3.8) is 0 Å². The highest BCUT2D eigenvalue weighted by atomic mass is 16.5. The van der Waals surface area contributed by atoms with Gasteiger partial charge in [-0.15, -0.1) is 0 Å². The van der Waals surface area contributed by atoms with Gasteiger partial charge in [-0.2, -0.15) is 0 Å². The van der Waals surface area contributed by atoms with Crippen LogP contribution in [-0.2, 0) is 19.1 Å².